The standard InChI is InChI=1S/2C16H13.2C3H7NO.Ga.Zr/c2*1-12-10-14-8-5-9-15(16(14)11-12)13-6-3-2-4-7-13;2*1-2-3(4)5;;/h2*2-11H,1H3;2*2H2,1H3,(H2,4,5);;/q;;;;+2;/p-2. The first kappa shape index (κ1) is 30.8. The molecule has 2 atom stereocenters. The molecule has 44 heavy (non-hydrogen) atoms. The van der Waals surface area contributed by atoms with E-state index in [1.54, 1.807) is 0 Å². The molecule has 6 heteroatoms. The molecule has 2 unspecified atom stereocenters. The van der Waals surface area contributed by atoms with E-state index < -0.39 is 31.3 Å². The Morgan fingerprint density at radius 1 is 0.614 bits per heavy atom. The number of rotatable bonds is 9. The third-order valence-corrected chi connectivity index (χ3v) is 40.5. The van der Waals surface area contributed by atoms with E-state index in [4.69, 9.17) is 0 Å². The van der Waals surface area contributed by atoms with Crippen LogP contribution in [0.1, 0.15) is 70.0 Å². The van der Waals surface area contributed by atoms with E-state index >= 15 is 0 Å². The van der Waals surface area contributed by atoms with Gasteiger partial charge in [-0.1, -0.05) is 0 Å². The molecule has 2 amide bonds. The molecule has 0 spiro atoms. The first-order chi connectivity index (χ1) is 21.4. The molecule has 4 aromatic carbocycles. The summed E-state index contributed by atoms with van der Waals surface area (Å²) in [5.41, 5.74) is 13.0. The van der Waals surface area contributed by atoms with Crippen molar-refractivity contribution in [3.8, 4) is 22.3 Å². The quantitative estimate of drug-likeness (QED) is 0.172. The summed E-state index contributed by atoms with van der Waals surface area (Å²) in [5.74, 6) is 0.112. The van der Waals surface area contributed by atoms with Crippen molar-refractivity contribution in [2.75, 3.05) is 0 Å². The Balaban J connectivity index is 1.54. The molecule has 2 aliphatic carbocycles. The van der Waals surface area contributed by atoms with Crippen LogP contribution >= 0.6 is 0 Å². The van der Waals surface area contributed by atoms with Crippen molar-refractivity contribution in [1.82, 2.24) is 8.05 Å². The normalized spacial score (nSPS) is 16.4. The van der Waals surface area contributed by atoms with Gasteiger partial charge in [0.05, 0.1) is 0 Å². The van der Waals surface area contributed by atoms with Gasteiger partial charge >= 0.3 is 273 Å². The van der Waals surface area contributed by atoms with Crippen molar-refractivity contribution >= 4 is 36.6 Å². The van der Waals surface area contributed by atoms with Crippen LogP contribution < -0.4 is 8.05 Å². The molecule has 0 aliphatic heterocycles. The van der Waals surface area contributed by atoms with Crippen LogP contribution in [-0.4, -0.2) is 24.5 Å². The second-order valence-corrected chi connectivity index (χ2v) is 35.7. The zero-order valence-corrected chi connectivity index (χ0v) is 30.7. The van der Waals surface area contributed by atoms with E-state index in [-0.39, 0.29) is 19.1 Å². The van der Waals surface area contributed by atoms with Crippen LogP contribution in [0.5, 0.6) is 0 Å². The van der Waals surface area contributed by atoms with Crippen LogP contribution in [0, 0.1) is 0 Å². The van der Waals surface area contributed by atoms with Gasteiger partial charge < -0.3 is 0 Å². The number of hydrogen-bond acceptors (Lipinski definition) is 2. The molecule has 0 aromatic heterocycles. The molecule has 0 heterocycles. The van der Waals surface area contributed by atoms with Crippen LogP contribution in [0.2, 0.25) is 0 Å². The summed E-state index contributed by atoms with van der Waals surface area (Å²) < 4.78 is 7.58. The second kappa shape index (κ2) is 13.4. The Hall–Kier alpha value is -3.18. The average Bonchev–Trinajstić information content (AvgIpc) is 3.57. The van der Waals surface area contributed by atoms with Crippen molar-refractivity contribution in [2.24, 2.45) is 0 Å². The van der Waals surface area contributed by atoms with Crippen LogP contribution in [0.4, 0.5) is 0 Å². The van der Waals surface area contributed by atoms with Gasteiger partial charge in [-0.3, -0.25) is 0 Å². The Morgan fingerprint density at radius 3 is 1.41 bits per heavy atom. The molecule has 4 nitrogen and oxygen atoms in total. The number of fused-ring (bicyclic) bond motifs is 2. The molecule has 0 fully saturated rings. The molecule has 4 aromatic rings. The first-order valence-electron chi connectivity index (χ1n) is 15.6. The Bertz CT molecular complexity index is 1640. The summed E-state index contributed by atoms with van der Waals surface area (Å²) in [6.45, 7) is 8.36. The van der Waals surface area contributed by atoms with E-state index in [0.717, 1.165) is 0 Å². The molecule has 0 bridgehead atoms. The third kappa shape index (κ3) is 5.92. The van der Waals surface area contributed by atoms with Gasteiger partial charge in [-0.05, 0) is 0 Å². The van der Waals surface area contributed by atoms with E-state index in [9.17, 15) is 9.59 Å². The summed E-state index contributed by atoms with van der Waals surface area (Å²) in [6.07, 6.45) is 5.62. The Morgan fingerprint density at radius 2 is 1.02 bits per heavy atom. The molecular weight excluding hydrogens is 677 g/mol. The van der Waals surface area contributed by atoms with Gasteiger partial charge in [-0.15, -0.1) is 0 Å². The van der Waals surface area contributed by atoms with E-state index in [1.807, 2.05) is 13.8 Å². The molecule has 0 radical (unpaired) electrons. The predicted octanol–water partition coefficient (Wildman–Crippen LogP) is 8.29. The van der Waals surface area contributed by atoms with Crippen LogP contribution in [0.15, 0.2) is 108 Å². The van der Waals surface area contributed by atoms with E-state index in [1.165, 1.54) is 55.7 Å². The minimum absolute atomic E-state index is 0.0558. The number of benzene rings is 4. The molecular formula is C38H38GaN2O2Zr. The number of hydrogen-bond donors (Lipinski definition) is 2. The van der Waals surface area contributed by atoms with Gasteiger partial charge in [-0.2, -0.15) is 0 Å². The van der Waals surface area contributed by atoms with Gasteiger partial charge in [0.1, 0.15) is 0 Å². The molecule has 219 valence electrons. The number of allylic oxidation sites excluding steroid dienone is 2. The zero-order chi connectivity index (χ0) is 30.8. The van der Waals surface area contributed by atoms with Crippen molar-refractivity contribution in [3.05, 3.63) is 130 Å². The summed E-state index contributed by atoms with van der Waals surface area (Å²) >= 11 is -5.81. The summed E-state index contributed by atoms with van der Waals surface area (Å²) in [4.78, 5) is 26.3. The second-order valence-electron chi connectivity index (χ2n) is 11.8. The maximum atomic E-state index is 13.1. The summed E-state index contributed by atoms with van der Waals surface area (Å²) in [5, 5.41) is 0. The number of amides is 2. The minimum atomic E-state index is -2.93. The van der Waals surface area contributed by atoms with Gasteiger partial charge in [0, 0.05) is 0 Å². The van der Waals surface area contributed by atoms with Gasteiger partial charge in [-0.25, -0.2) is 0 Å². The fourth-order valence-corrected chi connectivity index (χ4v) is 46.1. The number of nitrogens with one attached hydrogen (secondary N) is 2. The molecule has 2 N–H and O–H groups in total. The zero-order valence-electron chi connectivity index (χ0n) is 25.9. The Labute approximate surface area is 271 Å². The third-order valence-electron chi connectivity index (χ3n) is 8.98. The average molecular weight is 716 g/mol. The molecule has 2 aliphatic rings. The fourth-order valence-electron chi connectivity index (χ4n) is 6.96. The molecule has 6 rings (SSSR count). The van der Waals surface area contributed by atoms with E-state index in [2.05, 4.69) is 131 Å². The Kier molecular flexibility index (Phi) is 9.42. The maximum absolute atomic E-state index is 13.1. The summed E-state index contributed by atoms with van der Waals surface area (Å²) in [6, 6.07) is 34.7. The predicted molar refractivity (Wildman–Crippen MR) is 179 cm³/mol. The van der Waals surface area contributed by atoms with Crippen molar-refractivity contribution < 1.29 is 28.3 Å². The van der Waals surface area contributed by atoms with Gasteiger partial charge in [0.15, 0.2) is 0 Å². The van der Waals surface area contributed by atoms with Crippen LogP contribution in [0.3, 0.4) is 0 Å². The molecule has 0 saturated carbocycles. The monoisotopic (exact) mass is 713 g/mol. The number of carbonyl (C=O) groups excluding carboxylic acids is 2. The summed E-state index contributed by atoms with van der Waals surface area (Å²) in [7, 11) is 0. The van der Waals surface area contributed by atoms with Crippen LogP contribution in [0.25, 0.3) is 34.4 Å². The topological polar surface area (TPSA) is 58.2 Å². The SMILES string of the molecule is CCC(=O)[NH][Ga]([NH]C(=O)CC)[Zr]([CH]1C(C)=Cc2c(-c3ccccc3)cccc21)[CH]1C(C)=Cc2c(-c3ccccc3)cccc21. The van der Waals surface area contributed by atoms with Crippen molar-refractivity contribution in [3.63, 3.8) is 0 Å². The fraction of sp³-hybridized carbons (Fsp3) is 0.211. The van der Waals surface area contributed by atoms with E-state index in [0.29, 0.717) is 12.8 Å². The first-order valence-corrected chi connectivity index (χ1v) is 29.4. The molecule has 0 saturated heterocycles. The van der Waals surface area contributed by atoms with Gasteiger partial charge in [0.25, 0.3) is 0 Å². The van der Waals surface area contributed by atoms with Crippen LogP contribution in [-0.2, 0) is 28.3 Å². The number of carbonyl (C=O) groups is 2. The van der Waals surface area contributed by atoms with Gasteiger partial charge in [0.2, 0.25) is 0 Å². The van der Waals surface area contributed by atoms with Crippen molar-refractivity contribution in [1.29, 1.82) is 0 Å². The van der Waals surface area contributed by atoms with Crippen molar-refractivity contribution in [2.45, 2.75) is 47.8 Å².